The highest BCUT2D eigenvalue weighted by molar-refractivity contribution is 5.65. The molecule has 4 rings (SSSR count). The summed E-state index contributed by atoms with van der Waals surface area (Å²) in [5, 5.41) is 9.46. The number of nitrogens with zero attached hydrogens (tertiary/aromatic N) is 3. The Hall–Kier alpha value is -3.40. The lowest BCUT2D eigenvalue weighted by Crippen LogP contribution is -2.21. The Bertz CT molecular complexity index is 1050. The molecular weight excluding hydrogens is 314 g/mol. The van der Waals surface area contributed by atoms with Crippen LogP contribution in [0.3, 0.4) is 0 Å². The fourth-order valence-electron chi connectivity index (χ4n) is 2.93. The lowest BCUT2D eigenvalue weighted by Gasteiger charge is -2.26. The summed E-state index contributed by atoms with van der Waals surface area (Å²) in [6, 6.07) is 7.28. The molecule has 118 valence electrons. The van der Waals surface area contributed by atoms with E-state index >= 15 is 0 Å². The molecule has 0 fully saturated rings. The molecule has 1 aromatic carbocycles. The molecule has 7 heteroatoms. The van der Waals surface area contributed by atoms with Gasteiger partial charge < -0.3 is 14.9 Å². The van der Waals surface area contributed by atoms with Gasteiger partial charge in [0.25, 0.3) is 0 Å². The van der Waals surface area contributed by atoms with Gasteiger partial charge in [-0.25, -0.2) is 13.8 Å². The number of fused-ring (bicyclic) bond motifs is 3. The topological polar surface area (TPSA) is 76.3 Å². The highest BCUT2D eigenvalue weighted by Crippen LogP contribution is 2.43. The molecule has 0 bridgehead atoms. The molecule has 24 heavy (non-hydrogen) atoms. The van der Waals surface area contributed by atoms with Gasteiger partial charge in [-0.2, -0.15) is 5.26 Å². The van der Waals surface area contributed by atoms with Crippen molar-refractivity contribution in [3.05, 3.63) is 77.1 Å². The minimum atomic E-state index is -0.988. The third-order valence-corrected chi connectivity index (χ3v) is 4.02. The number of pyridine rings is 1. The number of hydrogen-bond donors (Lipinski definition) is 1. The van der Waals surface area contributed by atoms with E-state index in [9.17, 15) is 14.0 Å². The van der Waals surface area contributed by atoms with Gasteiger partial charge in [-0.05, 0) is 23.8 Å². The first-order valence-corrected chi connectivity index (χ1v) is 7.08. The summed E-state index contributed by atoms with van der Waals surface area (Å²) in [5.74, 6) is -2.27. The molecule has 0 aliphatic carbocycles. The second kappa shape index (κ2) is 5.06. The largest absolute Gasteiger partial charge is 0.436 e. The number of imidazole rings is 1. The van der Waals surface area contributed by atoms with E-state index < -0.39 is 17.6 Å². The van der Waals surface area contributed by atoms with Crippen molar-refractivity contribution >= 4 is 5.65 Å². The van der Waals surface area contributed by atoms with Gasteiger partial charge in [0.2, 0.25) is 5.88 Å². The molecule has 0 saturated heterocycles. The van der Waals surface area contributed by atoms with Crippen LogP contribution in [0.5, 0.6) is 5.75 Å². The zero-order chi connectivity index (χ0) is 16.8. The van der Waals surface area contributed by atoms with Gasteiger partial charge in [-0.1, -0.05) is 6.07 Å². The van der Waals surface area contributed by atoms with E-state index in [-0.39, 0.29) is 11.5 Å². The van der Waals surface area contributed by atoms with Crippen LogP contribution in [0, 0.1) is 23.0 Å². The molecule has 2 aromatic heterocycles. The number of ether oxygens (including phenoxy) is 1. The van der Waals surface area contributed by atoms with Crippen molar-refractivity contribution in [2.45, 2.75) is 5.92 Å². The molecule has 5 nitrogen and oxygen atoms in total. The lowest BCUT2D eigenvalue weighted by atomic mass is 9.84. The molecule has 1 unspecified atom stereocenters. The highest BCUT2D eigenvalue weighted by Gasteiger charge is 2.32. The summed E-state index contributed by atoms with van der Waals surface area (Å²) < 4.78 is 34.3. The van der Waals surface area contributed by atoms with Crippen LogP contribution in [0.1, 0.15) is 17.0 Å². The van der Waals surface area contributed by atoms with Gasteiger partial charge in [0, 0.05) is 24.2 Å². The first kappa shape index (κ1) is 14.2. The fourth-order valence-corrected chi connectivity index (χ4v) is 2.93. The zero-order valence-electron chi connectivity index (χ0n) is 12.2. The molecule has 3 heterocycles. The monoisotopic (exact) mass is 324 g/mol. The van der Waals surface area contributed by atoms with Crippen molar-refractivity contribution in [2.24, 2.45) is 5.73 Å². The van der Waals surface area contributed by atoms with Gasteiger partial charge in [0.05, 0.1) is 5.92 Å². The van der Waals surface area contributed by atoms with Gasteiger partial charge in [0.15, 0.2) is 23.0 Å². The Balaban J connectivity index is 2.00. The van der Waals surface area contributed by atoms with E-state index in [0.29, 0.717) is 22.5 Å². The molecule has 0 spiro atoms. The lowest BCUT2D eigenvalue weighted by molar-refractivity contribution is 0.395. The maximum Gasteiger partial charge on any atom is 0.205 e. The van der Waals surface area contributed by atoms with Crippen LogP contribution >= 0.6 is 0 Å². The van der Waals surface area contributed by atoms with Crippen molar-refractivity contribution in [1.82, 2.24) is 9.38 Å². The summed E-state index contributed by atoms with van der Waals surface area (Å²) in [4.78, 5) is 4.22. The predicted molar refractivity (Wildman–Crippen MR) is 80.8 cm³/mol. The number of nitrogens with two attached hydrogens (primary N) is 1. The third-order valence-electron chi connectivity index (χ3n) is 4.02. The number of aromatic nitrogens is 2. The highest BCUT2D eigenvalue weighted by atomic mass is 19.2. The number of halogens is 2. The van der Waals surface area contributed by atoms with E-state index in [1.54, 1.807) is 29.1 Å². The number of nitriles is 1. The Kier molecular flexibility index (Phi) is 3.00. The molecular formula is C17H10F2N4O. The quantitative estimate of drug-likeness (QED) is 0.747. The SMILES string of the molecule is N#CC1=C(N)Oc2c(ccn3ccnc23)C1c1ccc(F)c(F)c1. The first-order valence-electron chi connectivity index (χ1n) is 7.08. The molecule has 3 aromatic rings. The Morgan fingerprint density at radius 1 is 1.21 bits per heavy atom. The van der Waals surface area contributed by atoms with Gasteiger partial charge in [0.1, 0.15) is 11.6 Å². The number of hydrogen-bond acceptors (Lipinski definition) is 4. The van der Waals surface area contributed by atoms with Crippen molar-refractivity contribution in [3.8, 4) is 11.8 Å². The number of benzene rings is 1. The fraction of sp³-hybridized carbons (Fsp3) is 0.0588. The molecule has 1 atom stereocenters. The molecule has 0 saturated carbocycles. The van der Waals surface area contributed by atoms with Crippen molar-refractivity contribution < 1.29 is 13.5 Å². The van der Waals surface area contributed by atoms with E-state index in [0.717, 1.165) is 12.1 Å². The Morgan fingerprint density at radius 2 is 2.04 bits per heavy atom. The molecule has 2 N–H and O–H groups in total. The number of allylic oxidation sites excluding steroid dienone is 1. The van der Waals surface area contributed by atoms with Gasteiger partial charge >= 0.3 is 0 Å². The van der Waals surface area contributed by atoms with Crippen molar-refractivity contribution in [1.29, 1.82) is 5.26 Å². The summed E-state index contributed by atoms with van der Waals surface area (Å²) in [5.41, 5.74) is 7.59. The van der Waals surface area contributed by atoms with Gasteiger partial charge in [-0.15, -0.1) is 0 Å². The van der Waals surface area contributed by atoms with Crippen molar-refractivity contribution in [3.63, 3.8) is 0 Å². The molecule has 0 radical (unpaired) electrons. The smallest absolute Gasteiger partial charge is 0.205 e. The molecule has 1 aliphatic rings. The van der Waals surface area contributed by atoms with Crippen LogP contribution in [-0.4, -0.2) is 9.38 Å². The van der Waals surface area contributed by atoms with Crippen LogP contribution in [0.4, 0.5) is 8.78 Å². The Labute approximate surface area is 135 Å². The molecule has 1 aliphatic heterocycles. The van der Waals surface area contributed by atoms with E-state index in [2.05, 4.69) is 4.98 Å². The van der Waals surface area contributed by atoms with Gasteiger partial charge in [-0.3, -0.25) is 0 Å². The van der Waals surface area contributed by atoms with Crippen LogP contribution in [-0.2, 0) is 0 Å². The second-order valence-electron chi connectivity index (χ2n) is 5.36. The van der Waals surface area contributed by atoms with Crippen LogP contribution in [0.25, 0.3) is 5.65 Å². The molecule has 0 amide bonds. The Morgan fingerprint density at radius 3 is 2.79 bits per heavy atom. The summed E-state index contributed by atoms with van der Waals surface area (Å²) in [6.45, 7) is 0. The summed E-state index contributed by atoms with van der Waals surface area (Å²) in [6.07, 6.45) is 5.10. The van der Waals surface area contributed by atoms with Crippen LogP contribution < -0.4 is 10.5 Å². The van der Waals surface area contributed by atoms with E-state index in [1.807, 2.05) is 6.07 Å². The van der Waals surface area contributed by atoms with E-state index in [4.69, 9.17) is 10.5 Å². The zero-order valence-corrected chi connectivity index (χ0v) is 12.2. The van der Waals surface area contributed by atoms with Crippen LogP contribution in [0.15, 0.2) is 54.3 Å². The minimum Gasteiger partial charge on any atom is -0.436 e. The maximum absolute atomic E-state index is 13.7. The first-order chi connectivity index (χ1) is 11.6. The summed E-state index contributed by atoms with van der Waals surface area (Å²) in [7, 11) is 0. The average molecular weight is 324 g/mol. The normalized spacial score (nSPS) is 16.6. The van der Waals surface area contributed by atoms with E-state index in [1.165, 1.54) is 6.07 Å². The maximum atomic E-state index is 13.7. The number of rotatable bonds is 1. The standard InChI is InChI=1S/C17H10F2N4O/c18-12-2-1-9(7-13(12)19)14-10-3-5-23-6-4-22-17(23)15(10)24-16(21)11(14)8-20/h1-7,14H,21H2. The minimum absolute atomic E-state index is 0.0733. The third kappa shape index (κ3) is 1.93. The summed E-state index contributed by atoms with van der Waals surface area (Å²) >= 11 is 0. The van der Waals surface area contributed by atoms with Crippen molar-refractivity contribution in [2.75, 3.05) is 0 Å². The van der Waals surface area contributed by atoms with Crippen LogP contribution in [0.2, 0.25) is 0 Å². The average Bonchev–Trinajstić information content (AvgIpc) is 3.05. The second-order valence-corrected chi connectivity index (χ2v) is 5.36. The predicted octanol–water partition coefficient (Wildman–Crippen LogP) is 2.83.